The van der Waals surface area contributed by atoms with Gasteiger partial charge in [-0.3, -0.25) is 9.48 Å². The van der Waals surface area contributed by atoms with Crippen LogP contribution in [0.25, 0.3) is 11.1 Å². The van der Waals surface area contributed by atoms with Crippen LogP contribution >= 0.6 is 0 Å². The van der Waals surface area contributed by atoms with Gasteiger partial charge in [0.05, 0.1) is 17.3 Å². The molecule has 9 heteroatoms. The largest absolute Gasteiger partial charge is 0.476 e. The molecule has 0 saturated heterocycles. The Labute approximate surface area is 202 Å². The zero-order chi connectivity index (χ0) is 24.6. The number of anilines is 1. The van der Waals surface area contributed by atoms with Crippen LogP contribution in [-0.2, 0) is 16.6 Å². The fraction of sp³-hybridized carbons (Fsp3) is 0.308. The molecule has 0 aliphatic heterocycles. The van der Waals surface area contributed by atoms with Crippen molar-refractivity contribution in [1.29, 1.82) is 0 Å². The van der Waals surface area contributed by atoms with Crippen LogP contribution in [0.15, 0.2) is 54.7 Å². The standard InChI is InChI=1S/C26H26N4O5/c1-30-22(23(31)32)21(13-28-30)29-24(33)26(11-6-12-26)15-27-25(34)35-14-20-18-9-4-2-7-16(18)17-8-3-5-10-19(17)20/h2-5,7-10,13,20H,6,11-12,14-15H2,1H3,(H,27,34)(H,29,33)(H,31,32). The lowest BCUT2D eigenvalue weighted by atomic mass is 9.68. The molecule has 5 rings (SSSR count). The van der Waals surface area contributed by atoms with E-state index in [2.05, 4.69) is 40.0 Å². The number of ether oxygens (including phenoxy) is 1. The number of alkyl carbamates (subject to hydrolysis) is 1. The van der Waals surface area contributed by atoms with Gasteiger partial charge in [0.25, 0.3) is 0 Å². The van der Waals surface area contributed by atoms with Gasteiger partial charge in [0.2, 0.25) is 5.91 Å². The average Bonchev–Trinajstić information content (AvgIpc) is 3.34. The summed E-state index contributed by atoms with van der Waals surface area (Å²) in [4.78, 5) is 37.1. The zero-order valence-corrected chi connectivity index (χ0v) is 19.3. The van der Waals surface area contributed by atoms with Crippen LogP contribution < -0.4 is 10.6 Å². The normalized spacial score (nSPS) is 15.5. The van der Waals surface area contributed by atoms with Crippen molar-refractivity contribution in [2.24, 2.45) is 12.5 Å². The Morgan fingerprint density at radius 2 is 1.71 bits per heavy atom. The van der Waals surface area contributed by atoms with Gasteiger partial charge >= 0.3 is 12.1 Å². The number of aryl methyl sites for hydroxylation is 1. The summed E-state index contributed by atoms with van der Waals surface area (Å²) in [5.41, 5.74) is 3.78. The van der Waals surface area contributed by atoms with Gasteiger partial charge in [-0.15, -0.1) is 0 Å². The molecule has 1 aromatic heterocycles. The van der Waals surface area contributed by atoms with Crippen LogP contribution in [0.5, 0.6) is 0 Å². The Morgan fingerprint density at radius 1 is 1.09 bits per heavy atom. The minimum atomic E-state index is -1.18. The van der Waals surface area contributed by atoms with E-state index in [1.807, 2.05) is 24.3 Å². The summed E-state index contributed by atoms with van der Waals surface area (Å²) in [6, 6.07) is 16.2. The molecule has 0 bridgehead atoms. The van der Waals surface area contributed by atoms with Crippen LogP contribution in [0.3, 0.4) is 0 Å². The SMILES string of the molecule is Cn1ncc(NC(=O)C2(CNC(=O)OCC3c4ccccc4-c4ccccc43)CCC2)c1C(=O)O. The Balaban J connectivity index is 1.21. The number of hydrogen-bond donors (Lipinski definition) is 3. The van der Waals surface area contributed by atoms with Crippen LogP contribution in [-0.4, -0.2) is 46.0 Å². The van der Waals surface area contributed by atoms with Crippen molar-refractivity contribution in [3.8, 4) is 11.1 Å². The van der Waals surface area contributed by atoms with Crippen molar-refractivity contribution in [3.05, 3.63) is 71.5 Å². The molecule has 0 atom stereocenters. The van der Waals surface area contributed by atoms with E-state index in [0.717, 1.165) is 28.7 Å². The summed E-state index contributed by atoms with van der Waals surface area (Å²) in [5.74, 6) is -1.56. The topological polar surface area (TPSA) is 123 Å². The third kappa shape index (κ3) is 4.03. The molecule has 0 unspecified atom stereocenters. The molecule has 1 saturated carbocycles. The molecular formula is C26H26N4O5. The Bertz CT molecular complexity index is 1270. The first kappa shape index (κ1) is 22.6. The maximum absolute atomic E-state index is 13.0. The predicted octanol–water partition coefficient (Wildman–Crippen LogP) is 3.77. The van der Waals surface area contributed by atoms with Gasteiger partial charge in [0, 0.05) is 19.5 Å². The molecule has 1 heterocycles. The number of nitrogens with zero attached hydrogens (tertiary/aromatic N) is 2. The van der Waals surface area contributed by atoms with Crippen molar-refractivity contribution in [2.75, 3.05) is 18.5 Å². The van der Waals surface area contributed by atoms with Gasteiger partial charge in [-0.05, 0) is 35.1 Å². The maximum Gasteiger partial charge on any atom is 0.407 e. The van der Waals surface area contributed by atoms with Gasteiger partial charge < -0.3 is 20.5 Å². The first-order chi connectivity index (χ1) is 16.9. The molecule has 0 spiro atoms. The van der Waals surface area contributed by atoms with Gasteiger partial charge in [0.15, 0.2) is 5.69 Å². The monoisotopic (exact) mass is 474 g/mol. The maximum atomic E-state index is 13.0. The molecule has 2 aliphatic rings. The van der Waals surface area contributed by atoms with Crippen molar-refractivity contribution in [2.45, 2.75) is 25.2 Å². The Kier molecular flexibility index (Phi) is 5.76. The number of aromatic carboxylic acids is 1. The van der Waals surface area contributed by atoms with Crippen LogP contribution in [0.4, 0.5) is 10.5 Å². The fourth-order valence-electron chi connectivity index (χ4n) is 5.02. The fourth-order valence-corrected chi connectivity index (χ4v) is 5.02. The third-order valence-electron chi connectivity index (χ3n) is 7.10. The Morgan fingerprint density at radius 3 is 2.29 bits per heavy atom. The quantitative estimate of drug-likeness (QED) is 0.479. The minimum absolute atomic E-state index is 0.0471. The average molecular weight is 475 g/mol. The molecule has 35 heavy (non-hydrogen) atoms. The summed E-state index contributed by atoms with van der Waals surface area (Å²) in [6.45, 7) is 0.300. The van der Waals surface area contributed by atoms with E-state index in [1.54, 1.807) is 0 Å². The molecule has 180 valence electrons. The Hall–Kier alpha value is -4.14. The van der Waals surface area contributed by atoms with Gasteiger partial charge in [-0.1, -0.05) is 55.0 Å². The minimum Gasteiger partial charge on any atom is -0.476 e. The van der Waals surface area contributed by atoms with E-state index in [4.69, 9.17) is 4.74 Å². The second-order valence-electron chi connectivity index (χ2n) is 9.10. The van der Waals surface area contributed by atoms with E-state index in [-0.39, 0.29) is 36.4 Å². The first-order valence-electron chi connectivity index (χ1n) is 11.6. The number of carboxylic acid groups (broad SMARTS) is 1. The van der Waals surface area contributed by atoms with Gasteiger partial charge in [-0.2, -0.15) is 5.10 Å². The molecular weight excluding hydrogens is 448 g/mol. The predicted molar refractivity (Wildman–Crippen MR) is 128 cm³/mol. The number of hydrogen-bond acceptors (Lipinski definition) is 5. The zero-order valence-electron chi connectivity index (χ0n) is 19.3. The smallest absolute Gasteiger partial charge is 0.407 e. The van der Waals surface area contributed by atoms with E-state index in [9.17, 15) is 19.5 Å². The number of carboxylic acids is 1. The summed E-state index contributed by atoms with van der Waals surface area (Å²) in [5, 5.41) is 18.7. The summed E-state index contributed by atoms with van der Waals surface area (Å²) in [7, 11) is 1.50. The van der Waals surface area contributed by atoms with Crippen molar-refractivity contribution < 1.29 is 24.2 Å². The lowest BCUT2D eigenvalue weighted by Crippen LogP contribution is -2.50. The molecule has 0 radical (unpaired) electrons. The van der Waals surface area contributed by atoms with Gasteiger partial charge in [0.1, 0.15) is 6.61 Å². The number of rotatable bonds is 7. The number of amides is 2. The van der Waals surface area contributed by atoms with Crippen LogP contribution in [0.2, 0.25) is 0 Å². The number of carbonyl (C=O) groups is 3. The van der Waals surface area contributed by atoms with Crippen molar-refractivity contribution >= 4 is 23.7 Å². The van der Waals surface area contributed by atoms with Crippen LogP contribution in [0, 0.1) is 5.41 Å². The first-order valence-corrected chi connectivity index (χ1v) is 11.6. The highest BCUT2D eigenvalue weighted by atomic mass is 16.5. The molecule has 2 amide bonds. The highest BCUT2D eigenvalue weighted by Crippen LogP contribution is 2.45. The summed E-state index contributed by atoms with van der Waals surface area (Å²) < 4.78 is 6.78. The second-order valence-corrected chi connectivity index (χ2v) is 9.10. The summed E-state index contributed by atoms with van der Waals surface area (Å²) >= 11 is 0. The molecule has 9 nitrogen and oxygen atoms in total. The number of fused-ring (bicyclic) bond motifs is 3. The van der Waals surface area contributed by atoms with E-state index < -0.39 is 17.5 Å². The van der Waals surface area contributed by atoms with E-state index in [1.165, 1.54) is 17.9 Å². The molecule has 2 aliphatic carbocycles. The molecule has 3 aromatic rings. The lowest BCUT2D eigenvalue weighted by Gasteiger charge is -2.40. The van der Waals surface area contributed by atoms with Gasteiger partial charge in [-0.25, -0.2) is 9.59 Å². The lowest BCUT2D eigenvalue weighted by molar-refractivity contribution is -0.129. The highest BCUT2D eigenvalue weighted by Gasteiger charge is 2.45. The highest BCUT2D eigenvalue weighted by molar-refractivity contribution is 6.01. The third-order valence-corrected chi connectivity index (χ3v) is 7.10. The number of carbonyl (C=O) groups excluding carboxylic acids is 2. The number of benzene rings is 2. The second kappa shape index (κ2) is 8.90. The van der Waals surface area contributed by atoms with E-state index >= 15 is 0 Å². The molecule has 3 N–H and O–H groups in total. The molecule has 2 aromatic carbocycles. The van der Waals surface area contributed by atoms with Crippen molar-refractivity contribution in [1.82, 2.24) is 15.1 Å². The number of nitrogens with one attached hydrogen (secondary N) is 2. The van der Waals surface area contributed by atoms with E-state index in [0.29, 0.717) is 12.8 Å². The molecule has 1 fully saturated rings. The van der Waals surface area contributed by atoms with Crippen molar-refractivity contribution in [3.63, 3.8) is 0 Å². The van der Waals surface area contributed by atoms with Crippen LogP contribution in [0.1, 0.15) is 46.8 Å². The summed E-state index contributed by atoms with van der Waals surface area (Å²) in [6.07, 6.45) is 2.75. The number of aromatic nitrogens is 2.